The first-order chi connectivity index (χ1) is 7.52. The molecule has 7 heteroatoms. The zero-order valence-electron chi connectivity index (χ0n) is 8.50. The summed E-state index contributed by atoms with van der Waals surface area (Å²) in [6.45, 7) is 1.39. The Labute approximate surface area is 102 Å². The Morgan fingerprint density at radius 2 is 2.31 bits per heavy atom. The SMILES string of the molecule is CC(=O)SCC(O)C(O)c1cncnc1Cl. The molecule has 0 spiro atoms. The molecule has 88 valence electrons. The highest BCUT2D eigenvalue weighted by Crippen LogP contribution is 2.24. The average molecular weight is 263 g/mol. The molecular formula is C9H11ClN2O3S. The molecule has 1 heterocycles. The van der Waals surface area contributed by atoms with Crippen molar-refractivity contribution < 1.29 is 15.0 Å². The van der Waals surface area contributed by atoms with Crippen LogP contribution in [0.4, 0.5) is 0 Å². The number of hydrogen-bond donors (Lipinski definition) is 2. The van der Waals surface area contributed by atoms with Crippen LogP contribution in [0.2, 0.25) is 5.15 Å². The molecule has 2 unspecified atom stereocenters. The van der Waals surface area contributed by atoms with Crippen LogP contribution < -0.4 is 0 Å². The molecule has 1 aromatic heterocycles. The third kappa shape index (κ3) is 3.71. The van der Waals surface area contributed by atoms with E-state index in [9.17, 15) is 15.0 Å². The summed E-state index contributed by atoms with van der Waals surface area (Å²) in [4.78, 5) is 18.1. The van der Waals surface area contributed by atoms with Crippen molar-refractivity contribution in [2.75, 3.05) is 5.75 Å². The maximum absolute atomic E-state index is 10.7. The van der Waals surface area contributed by atoms with Gasteiger partial charge in [0, 0.05) is 24.4 Å². The van der Waals surface area contributed by atoms with Gasteiger partial charge in [0.15, 0.2) is 5.12 Å². The van der Waals surface area contributed by atoms with Crippen molar-refractivity contribution in [3.05, 3.63) is 23.2 Å². The molecular weight excluding hydrogens is 252 g/mol. The lowest BCUT2D eigenvalue weighted by Crippen LogP contribution is -2.22. The predicted molar refractivity (Wildman–Crippen MR) is 61.1 cm³/mol. The summed E-state index contributed by atoms with van der Waals surface area (Å²) in [6, 6.07) is 0. The Hall–Kier alpha value is -0.690. The van der Waals surface area contributed by atoms with Crippen molar-refractivity contribution in [3.63, 3.8) is 0 Å². The Balaban J connectivity index is 2.66. The van der Waals surface area contributed by atoms with E-state index in [-0.39, 0.29) is 21.6 Å². The van der Waals surface area contributed by atoms with Crippen LogP contribution in [0.25, 0.3) is 0 Å². The van der Waals surface area contributed by atoms with Gasteiger partial charge in [-0.3, -0.25) is 4.79 Å². The van der Waals surface area contributed by atoms with E-state index in [2.05, 4.69) is 9.97 Å². The molecule has 2 N–H and O–H groups in total. The molecule has 0 saturated heterocycles. The number of aliphatic hydroxyl groups excluding tert-OH is 2. The van der Waals surface area contributed by atoms with Crippen LogP contribution in [-0.2, 0) is 4.79 Å². The first kappa shape index (κ1) is 13.4. The lowest BCUT2D eigenvalue weighted by molar-refractivity contribution is -0.109. The molecule has 16 heavy (non-hydrogen) atoms. The van der Waals surface area contributed by atoms with E-state index in [4.69, 9.17) is 11.6 Å². The standard InChI is InChI=1S/C9H11ClN2O3S/c1-5(13)16-3-7(14)8(15)6-2-11-4-12-9(6)10/h2,4,7-8,14-15H,3H2,1H3. The van der Waals surface area contributed by atoms with Gasteiger partial charge in [-0.05, 0) is 0 Å². The number of nitrogens with zero attached hydrogens (tertiary/aromatic N) is 2. The van der Waals surface area contributed by atoms with Gasteiger partial charge in [0.2, 0.25) is 0 Å². The van der Waals surface area contributed by atoms with Crippen molar-refractivity contribution in [1.82, 2.24) is 9.97 Å². The van der Waals surface area contributed by atoms with E-state index < -0.39 is 12.2 Å². The van der Waals surface area contributed by atoms with E-state index in [0.29, 0.717) is 0 Å². The first-order valence-electron chi connectivity index (χ1n) is 4.47. The normalized spacial score (nSPS) is 14.5. The molecule has 0 aromatic carbocycles. The monoisotopic (exact) mass is 262 g/mol. The molecule has 0 aliphatic carbocycles. The number of thioether (sulfide) groups is 1. The number of hydrogen-bond acceptors (Lipinski definition) is 6. The van der Waals surface area contributed by atoms with E-state index in [0.717, 1.165) is 11.8 Å². The van der Waals surface area contributed by atoms with Crippen molar-refractivity contribution in [2.24, 2.45) is 0 Å². The highest BCUT2D eigenvalue weighted by atomic mass is 35.5. The van der Waals surface area contributed by atoms with Crippen molar-refractivity contribution >= 4 is 28.5 Å². The molecule has 0 aliphatic rings. The number of halogens is 1. The van der Waals surface area contributed by atoms with Crippen LogP contribution in [0.5, 0.6) is 0 Å². The molecule has 0 bridgehead atoms. The summed E-state index contributed by atoms with van der Waals surface area (Å²) in [5, 5.41) is 19.3. The second-order valence-electron chi connectivity index (χ2n) is 3.08. The van der Waals surface area contributed by atoms with E-state index in [1.807, 2.05) is 0 Å². The fraction of sp³-hybridized carbons (Fsp3) is 0.444. The van der Waals surface area contributed by atoms with Crippen LogP contribution in [0.1, 0.15) is 18.6 Å². The number of rotatable bonds is 4. The molecule has 0 amide bonds. The minimum atomic E-state index is -1.19. The molecule has 0 fully saturated rings. The number of aromatic nitrogens is 2. The molecule has 0 aliphatic heterocycles. The molecule has 0 saturated carbocycles. The van der Waals surface area contributed by atoms with Gasteiger partial charge in [-0.1, -0.05) is 23.4 Å². The summed E-state index contributed by atoms with van der Waals surface area (Å²) in [5.41, 5.74) is 0.251. The molecule has 1 aromatic rings. The lowest BCUT2D eigenvalue weighted by Gasteiger charge is -2.17. The Morgan fingerprint density at radius 3 is 2.88 bits per heavy atom. The maximum Gasteiger partial charge on any atom is 0.185 e. The fourth-order valence-electron chi connectivity index (χ4n) is 1.03. The fourth-order valence-corrected chi connectivity index (χ4v) is 1.82. The zero-order valence-corrected chi connectivity index (χ0v) is 10.1. The quantitative estimate of drug-likeness (QED) is 0.781. The number of carbonyl (C=O) groups excluding carboxylic acids is 1. The molecule has 5 nitrogen and oxygen atoms in total. The zero-order chi connectivity index (χ0) is 12.1. The summed E-state index contributed by atoms with van der Waals surface area (Å²) in [5.74, 6) is 0.0989. The summed E-state index contributed by atoms with van der Waals surface area (Å²) >= 11 is 6.67. The second-order valence-corrected chi connectivity index (χ2v) is 4.64. The van der Waals surface area contributed by atoms with Crippen LogP contribution >= 0.6 is 23.4 Å². The predicted octanol–water partition coefficient (Wildman–Crippen LogP) is 0.804. The summed E-state index contributed by atoms with van der Waals surface area (Å²) in [6.07, 6.45) is 0.301. The van der Waals surface area contributed by atoms with Gasteiger partial charge in [0.1, 0.15) is 17.6 Å². The van der Waals surface area contributed by atoms with Gasteiger partial charge in [-0.25, -0.2) is 9.97 Å². The average Bonchev–Trinajstić information content (AvgIpc) is 2.25. The topological polar surface area (TPSA) is 83.3 Å². The summed E-state index contributed by atoms with van der Waals surface area (Å²) < 4.78 is 0. The maximum atomic E-state index is 10.7. The van der Waals surface area contributed by atoms with Crippen molar-refractivity contribution in [2.45, 2.75) is 19.1 Å². The molecule has 1 rings (SSSR count). The minimum Gasteiger partial charge on any atom is -0.389 e. The summed E-state index contributed by atoms with van der Waals surface area (Å²) in [7, 11) is 0. The van der Waals surface area contributed by atoms with E-state index >= 15 is 0 Å². The van der Waals surface area contributed by atoms with Gasteiger partial charge in [-0.2, -0.15) is 0 Å². The Morgan fingerprint density at radius 1 is 1.62 bits per heavy atom. The van der Waals surface area contributed by atoms with E-state index in [1.165, 1.54) is 19.4 Å². The Bertz CT molecular complexity index is 378. The smallest absolute Gasteiger partial charge is 0.185 e. The third-order valence-corrected chi connectivity index (χ3v) is 3.06. The van der Waals surface area contributed by atoms with Crippen LogP contribution in [0, 0.1) is 0 Å². The van der Waals surface area contributed by atoms with Gasteiger partial charge in [-0.15, -0.1) is 0 Å². The van der Waals surface area contributed by atoms with Crippen molar-refractivity contribution in [3.8, 4) is 0 Å². The van der Waals surface area contributed by atoms with E-state index in [1.54, 1.807) is 0 Å². The van der Waals surface area contributed by atoms with Crippen molar-refractivity contribution in [1.29, 1.82) is 0 Å². The number of aliphatic hydroxyl groups is 2. The third-order valence-electron chi connectivity index (χ3n) is 1.83. The van der Waals surface area contributed by atoms with Gasteiger partial charge >= 0.3 is 0 Å². The highest BCUT2D eigenvalue weighted by molar-refractivity contribution is 8.13. The number of carbonyl (C=O) groups is 1. The minimum absolute atomic E-state index is 0.0920. The first-order valence-corrected chi connectivity index (χ1v) is 5.83. The van der Waals surface area contributed by atoms with Crippen LogP contribution in [0.15, 0.2) is 12.5 Å². The van der Waals surface area contributed by atoms with Gasteiger partial charge in [0.25, 0.3) is 0 Å². The highest BCUT2D eigenvalue weighted by Gasteiger charge is 2.22. The van der Waals surface area contributed by atoms with Crippen LogP contribution in [0.3, 0.4) is 0 Å². The van der Waals surface area contributed by atoms with Gasteiger partial charge in [0.05, 0.1) is 6.10 Å². The lowest BCUT2D eigenvalue weighted by atomic mass is 10.1. The van der Waals surface area contributed by atoms with Crippen LogP contribution in [-0.4, -0.2) is 37.2 Å². The molecule has 0 radical (unpaired) electrons. The van der Waals surface area contributed by atoms with Gasteiger partial charge < -0.3 is 10.2 Å². The molecule has 2 atom stereocenters. The largest absolute Gasteiger partial charge is 0.389 e. The Kier molecular flexibility index (Phi) is 5.14. The second kappa shape index (κ2) is 6.15.